The molecule has 24 heavy (non-hydrogen) atoms. The molecule has 0 aliphatic heterocycles. The number of hydrogen-bond acceptors (Lipinski definition) is 3. The van der Waals surface area contributed by atoms with Gasteiger partial charge in [-0.3, -0.25) is 4.98 Å². The first-order valence-corrected chi connectivity index (χ1v) is 8.75. The number of aromatic nitrogens is 3. The molecule has 0 spiro atoms. The van der Waals surface area contributed by atoms with E-state index in [1.165, 1.54) is 11.6 Å². The molecule has 0 atom stereocenters. The molecule has 0 N–H and O–H groups in total. The van der Waals surface area contributed by atoms with Gasteiger partial charge in [-0.2, -0.15) is 0 Å². The van der Waals surface area contributed by atoms with Gasteiger partial charge in [0.15, 0.2) is 0 Å². The Morgan fingerprint density at radius 2 is 1.92 bits per heavy atom. The van der Waals surface area contributed by atoms with Gasteiger partial charge in [0.1, 0.15) is 16.7 Å². The van der Waals surface area contributed by atoms with Gasteiger partial charge in [0, 0.05) is 23.8 Å². The summed E-state index contributed by atoms with van der Waals surface area (Å²) >= 11 is 1.57. The van der Waals surface area contributed by atoms with E-state index in [0.717, 1.165) is 28.0 Å². The van der Waals surface area contributed by atoms with Crippen molar-refractivity contribution >= 4 is 11.8 Å². The number of hydrogen-bond donors (Lipinski definition) is 0. The summed E-state index contributed by atoms with van der Waals surface area (Å²) in [5, 5.41) is 1.07. The number of aryl methyl sites for hydroxylation is 1. The van der Waals surface area contributed by atoms with E-state index in [1.54, 1.807) is 36.3 Å². The quantitative estimate of drug-likeness (QED) is 0.651. The van der Waals surface area contributed by atoms with Gasteiger partial charge in [-0.05, 0) is 48.7 Å². The lowest BCUT2D eigenvalue weighted by Gasteiger charge is -2.12. The maximum Gasteiger partial charge on any atom is 0.124 e. The van der Waals surface area contributed by atoms with Crippen molar-refractivity contribution in [2.24, 2.45) is 0 Å². The largest absolute Gasteiger partial charge is 0.318 e. The summed E-state index contributed by atoms with van der Waals surface area (Å²) in [6, 6.07) is 10.7. The van der Waals surface area contributed by atoms with Crippen LogP contribution in [0.1, 0.15) is 36.8 Å². The lowest BCUT2D eigenvalue weighted by molar-refractivity contribution is 0.624. The average molecular weight is 341 g/mol. The molecule has 124 valence electrons. The Kier molecular flexibility index (Phi) is 5.00. The second kappa shape index (κ2) is 7.18. The molecule has 2 heterocycles. The number of pyridine rings is 1. The number of halogens is 1. The summed E-state index contributed by atoms with van der Waals surface area (Å²) < 4.78 is 15.7. The zero-order valence-corrected chi connectivity index (χ0v) is 14.8. The van der Waals surface area contributed by atoms with Crippen molar-refractivity contribution in [3.63, 3.8) is 0 Å². The molecule has 0 aliphatic carbocycles. The maximum atomic E-state index is 13.5. The van der Waals surface area contributed by atoms with E-state index in [1.807, 2.05) is 25.1 Å². The summed E-state index contributed by atoms with van der Waals surface area (Å²) in [4.78, 5) is 9.71. The van der Waals surface area contributed by atoms with Crippen LogP contribution in [0, 0.1) is 12.7 Å². The monoisotopic (exact) mass is 341 g/mol. The highest BCUT2D eigenvalue weighted by Crippen LogP contribution is 2.35. The van der Waals surface area contributed by atoms with E-state index in [9.17, 15) is 4.39 Å². The van der Waals surface area contributed by atoms with E-state index in [2.05, 4.69) is 23.4 Å². The van der Waals surface area contributed by atoms with E-state index < -0.39 is 0 Å². The second-order valence-electron chi connectivity index (χ2n) is 6.01. The lowest BCUT2D eigenvalue weighted by Crippen LogP contribution is -2.04. The van der Waals surface area contributed by atoms with Crippen LogP contribution >= 0.6 is 11.8 Å². The van der Waals surface area contributed by atoms with Gasteiger partial charge in [0.2, 0.25) is 0 Å². The van der Waals surface area contributed by atoms with Crippen molar-refractivity contribution in [3.05, 3.63) is 71.7 Å². The van der Waals surface area contributed by atoms with Gasteiger partial charge >= 0.3 is 0 Å². The molecule has 3 nitrogen and oxygen atoms in total. The van der Waals surface area contributed by atoms with Crippen molar-refractivity contribution in [3.8, 4) is 0 Å². The second-order valence-corrected chi connectivity index (χ2v) is 7.07. The third-order valence-corrected chi connectivity index (χ3v) is 4.90. The predicted molar refractivity (Wildman–Crippen MR) is 94.9 cm³/mol. The Labute approximate surface area is 146 Å². The van der Waals surface area contributed by atoms with Crippen LogP contribution in [0.4, 0.5) is 4.39 Å². The molecule has 0 amide bonds. The van der Waals surface area contributed by atoms with Gasteiger partial charge in [0.25, 0.3) is 0 Å². The maximum absolute atomic E-state index is 13.5. The van der Waals surface area contributed by atoms with Crippen molar-refractivity contribution in [2.75, 3.05) is 0 Å². The highest BCUT2D eigenvalue weighted by molar-refractivity contribution is 7.99. The first-order chi connectivity index (χ1) is 11.5. The van der Waals surface area contributed by atoms with E-state index in [4.69, 9.17) is 4.98 Å². The zero-order chi connectivity index (χ0) is 17.1. The van der Waals surface area contributed by atoms with Crippen LogP contribution in [0.3, 0.4) is 0 Å². The summed E-state index contributed by atoms with van der Waals surface area (Å²) in [5.74, 6) is 1.05. The van der Waals surface area contributed by atoms with Crippen LogP contribution in [0.25, 0.3) is 0 Å². The Morgan fingerprint density at radius 3 is 2.58 bits per heavy atom. The van der Waals surface area contributed by atoms with Crippen LogP contribution in [-0.4, -0.2) is 14.5 Å². The summed E-state index contributed by atoms with van der Waals surface area (Å²) in [6.07, 6.45) is 3.59. The standard InChI is InChI=1S/C19H20FN3S/c1-13(2)18-19(24-17-6-4-5-16(20)11-17)23(14(3)22-18)12-15-7-9-21-10-8-15/h4-11,13H,12H2,1-3H3. The van der Waals surface area contributed by atoms with Gasteiger partial charge in [-0.15, -0.1) is 0 Å². The molecule has 0 fully saturated rings. The Balaban J connectivity index is 2.01. The summed E-state index contributed by atoms with van der Waals surface area (Å²) in [7, 11) is 0. The molecule has 5 heteroatoms. The minimum absolute atomic E-state index is 0.219. The molecule has 3 rings (SSSR count). The van der Waals surface area contributed by atoms with Crippen LogP contribution < -0.4 is 0 Å². The highest BCUT2D eigenvalue weighted by atomic mass is 32.2. The topological polar surface area (TPSA) is 30.7 Å². The minimum Gasteiger partial charge on any atom is -0.318 e. The first kappa shape index (κ1) is 16.7. The smallest absolute Gasteiger partial charge is 0.124 e. The number of benzene rings is 1. The number of rotatable bonds is 5. The fourth-order valence-electron chi connectivity index (χ4n) is 2.55. The van der Waals surface area contributed by atoms with Gasteiger partial charge < -0.3 is 4.57 Å². The fraction of sp³-hybridized carbons (Fsp3) is 0.263. The SMILES string of the molecule is Cc1nc(C(C)C)c(Sc2cccc(F)c2)n1Cc1ccncc1. The normalized spacial score (nSPS) is 11.2. The molecule has 0 unspecified atom stereocenters. The van der Waals surface area contributed by atoms with Crippen molar-refractivity contribution in [2.45, 2.75) is 43.2 Å². The average Bonchev–Trinajstić information content (AvgIpc) is 2.85. The lowest BCUT2D eigenvalue weighted by atomic mass is 10.1. The third-order valence-electron chi connectivity index (χ3n) is 3.78. The molecule has 3 aromatic rings. The first-order valence-electron chi connectivity index (χ1n) is 7.94. The Morgan fingerprint density at radius 1 is 1.17 bits per heavy atom. The molecular formula is C19H20FN3S. The van der Waals surface area contributed by atoms with Gasteiger partial charge in [-0.25, -0.2) is 9.37 Å². The van der Waals surface area contributed by atoms with Gasteiger partial charge in [-0.1, -0.05) is 31.7 Å². The molecule has 0 bridgehead atoms. The van der Waals surface area contributed by atoms with Crippen LogP contribution in [0.2, 0.25) is 0 Å². The van der Waals surface area contributed by atoms with Gasteiger partial charge in [0.05, 0.1) is 5.69 Å². The van der Waals surface area contributed by atoms with Crippen LogP contribution in [0.5, 0.6) is 0 Å². The van der Waals surface area contributed by atoms with Crippen LogP contribution in [0.15, 0.2) is 58.7 Å². The summed E-state index contributed by atoms with van der Waals surface area (Å²) in [6.45, 7) is 7.01. The minimum atomic E-state index is -0.219. The molecule has 0 saturated carbocycles. The third kappa shape index (κ3) is 3.67. The van der Waals surface area contributed by atoms with Crippen molar-refractivity contribution < 1.29 is 4.39 Å². The van der Waals surface area contributed by atoms with E-state index in [-0.39, 0.29) is 5.82 Å². The molecule has 0 aliphatic rings. The fourth-order valence-corrected chi connectivity index (χ4v) is 3.78. The molecule has 0 saturated heterocycles. The van der Waals surface area contributed by atoms with E-state index in [0.29, 0.717) is 5.92 Å². The summed E-state index contributed by atoms with van der Waals surface area (Å²) in [5.41, 5.74) is 2.22. The predicted octanol–water partition coefficient (Wildman–Crippen LogP) is 5.05. The molecular weight excluding hydrogens is 321 g/mol. The molecule has 0 radical (unpaired) electrons. The Bertz CT molecular complexity index is 828. The van der Waals surface area contributed by atoms with E-state index >= 15 is 0 Å². The highest BCUT2D eigenvalue weighted by Gasteiger charge is 2.19. The molecule has 1 aromatic carbocycles. The number of nitrogens with zero attached hydrogens (tertiary/aromatic N) is 3. The van der Waals surface area contributed by atoms with Crippen molar-refractivity contribution in [1.29, 1.82) is 0 Å². The molecule has 2 aromatic heterocycles. The van der Waals surface area contributed by atoms with Crippen LogP contribution in [-0.2, 0) is 6.54 Å². The zero-order valence-electron chi connectivity index (χ0n) is 14.0. The van der Waals surface area contributed by atoms with Crippen molar-refractivity contribution in [1.82, 2.24) is 14.5 Å². The number of imidazole rings is 1. The Hall–Kier alpha value is -2.14.